The largest absolute Gasteiger partial charge is 0.434 e. The van der Waals surface area contributed by atoms with E-state index in [0.29, 0.717) is 21.7 Å². The van der Waals surface area contributed by atoms with Gasteiger partial charge >= 0.3 is 5.76 Å². The zero-order valence-electron chi connectivity index (χ0n) is 16.4. The van der Waals surface area contributed by atoms with Gasteiger partial charge in [0, 0.05) is 17.5 Å². The molecule has 1 N–H and O–H groups in total. The van der Waals surface area contributed by atoms with E-state index in [4.69, 9.17) is 16.0 Å². The van der Waals surface area contributed by atoms with Crippen LogP contribution in [0.25, 0.3) is 0 Å². The fraction of sp³-hybridized carbons (Fsp3) is 0.300. The van der Waals surface area contributed by atoms with Crippen molar-refractivity contribution in [2.45, 2.75) is 44.2 Å². The molecule has 1 aliphatic rings. The summed E-state index contributed by atoms with van der Waals surface area (Å²) in [6.07, 6.45) is 0. The average Bonchev–Trinajstić information content (AvgIpc) is 3.20. The third-order valence-electron chi connectivity index (χ3n) is 5.61. The molecule has 0 fully saturated rings. The molecule has 30 heavy (non-hydrogen) atoms. The van der Waals surface area contributed by atoms with Crippen LogP contribution in [0.1, 0.15) is 47.0 Å². The summed E-state index contributed by atoms with van der Waals surface area (Å²) < 4.78 is 47.8. The zero-order valence-corrected chi connectivity index (χ0v) is 18.0. The first-order chi connectivity index (χ1) is 14.1. The molecule has 3 aromatic rings. The Kier molecular flexibility index (Phi) is 5.08. The molecule has 0 bridgehead atoms. The number of aromatic amines is 1. The first-order valence-electron chi connectivity index (χ1n) is 9.22. The molecule has 0 radical (unpaired) electrons. The molecular weight excluding hydrogens is 433 g/mol. The van der Waals surface area contributed by atoms with Crippen molar-refractivity contribution in [1.82, 2.24) is 14.5 Å². The second-order valence-corrected chi connectivity index (χ2v) is 9.69. The summed E-state index contributed by atoms with van der Waals surface area (Å²) in [6.45, 7) is 5.31. The van der Waals surface area contributed by atoms with E-state index in [-0.39, 0.29) is 17.3 Å². The normalized spacial score (nSPS) is 17.6. The van der Waals surface area contributed by atoms with Gasteiger partial charge in [0.05, 0.1) is 4.90 Å². The maximum Gasteiger partial charge on any atom is 0.434 e. The molecule has 10 heteroatoms. The molecule has 0 unspecified atom stereocenters. The van der Waals surface area contributed by atoms with Crippen LogP contribution >= 0.6 is 11.6 Å². The van der Waals surface area contributed by atoms with Crippen LogP contribution in [0.4, 0.5) is 4.39 Å². The van der Waals surface area contributed by atoms with Crippen LogP contribution in [-0.4, -0.2) is 22.9 Å². The van der Waals surface area contributed by atoms with Crippen molar-refractivity contribution in [3.8, 4) is 0 Å². The number of hydrogen-bond donors (Lipinski definition) is 1. The summed E-state index contributed by atoms with van der Waals surface area (Å²) in [6, 6.07) is 6.48. The number of nitrogens with zero attached hydrogens (tertiary/aromatic N) is 2. The van der Waals surface area contributed by atoms with Crippen molar-refractivity contribution >= 4 is 21.6 Å². The van der Waals surface area contributed by atoms with E-state index in [9.17, 15) is 17.6 Å². The monoisotopic (exact) mass is 451 g/mol. The highest BCUT2D eigenvalue weighted by Crippen LogP contribution is 2.44. The maximum atomic E-state index is 14.9. The molecule has 2 atom stereocenters. The van der Waals surface area contributed by atoms with Crippen LogP contribution in [0.15, 0.2) is 44.4 Å². The number of fused-ring (bicyclic) bond motifs is 1. The lowest BCUT2D eigenvalue weighted by Crippen LogP contribution is -2.33. The van der Waals surface area contributed by atoms with Gasteiger partial charge in [0.15, 0.2) is 0 Å². The van der Waals surface area contributed by atoms with E-state index < -0.39 is 33.6 Å². The quantitative estimate of drug-likeness (QED) is 0.650. The smallest absolute Gasteiger partial charge is 0.391 e. The minimum atomic E-state index is -3.95. The van der Waals surface area contributed by atoms with Gasteiger partial charge in [-0.2, -0.15) is 4.31 Å². The van der Waals surface area contributed by atoms with E-state index in [1.807, 2.05) is 6.92 Å². The zero-order chi connectivity index (χ0) is 21.8. The molecule has 1 aromatic heterocycles. The van der Waals surface area contributed by atoms with Crippen LogP contribution in [0.2, 0.25) is 5.02 Å². The summed E-state index contributed by atoms with van der Waals surface area (Å²) >= 11 is 6.04. The van der Waals surface area contributed by atoms with E-state index in [0.717, 1.165) is 5.56 Å². The van der Waals surface area contributed by atoms with E-state index in [1.54, 1.807) is 26.0 Å². The van der Waals surface area contributed by atoms with Gasteiger partial charge in [0.25, 0.3) is 0 Å². The Labute approximate surface area is 177 Å². The minimum absolute atomic E-state index is 0.00368. The minimum Gasteiger partial charge on any atom is -0.391 e. The van der Waals surface area contributed by atoms with Gasteiger partial charge in [0.2, 0.25) is 15.9 Å². The highest BCUT2D eigenvalue weighted by Gasteiger charge is 2.45. The molecular formula is C20H19ClFN3O4S. The lowest BCUT2D eigenvalue weighted by molar-refractivity contribution is 0.241. The molecule has 0 aliphatic carbocycles. The Morgan fingerprint density at radius 3 is 2.67 bits per heavy atom. The van der Waals surface area contributed by atoms with Gasteiger partial charge < -0.3 is 4.42 Å². The Hall–Kier alpha value is -2.49. The fourth-order valence-corrected chi connectivity index (χ4v) is 6.05. The standard InChI is InChI=1S/C20H19ClFN3O4S/c1-10-4-6-15(22)17(11(10)2)12(3)18(19-23-24-20(26)29-19)25-9-13-8-14(21)5-7-16(13)30(25,27)28/h4-8,12,18H,9H2,1-3H3,(H,24,26)/t12-,18+/m1/s1. The van der Waals surface area contributed by atoms with Gasteiger partial charge in [-0.3, -0.25) is 0 Å². The molecule has 2 heterocycles. The lowest BCUT2D eigenvalue weighted by Gasteiger charge is -2.30. The highest BCUT2D eigenvalue weighted by atomic mass is 35.5. The van der Waals surface area contributed by atoms with Crippen molar-refractivity contribution in [1.29, 1.82) is 0 Å². The van der Waals surface area contributed by atoms with Gasteiger partial charge in [0.1, 0.15) is 11.9 Å². The van der Waals surface area contributed by atoms with Crippen molar-refractivity contribution in [3.05, 3.63) is 79.9 Å². The van der Waals surface area contributed by atoms with Gasteiger partial charge in [-0.25, -0.2) is 22.7 Å². The molecule has 1 aliphatic heterocycles. The molecule has 2 aromatic carbocycles. The summed E-state index contributed by atoms with van der Waals surface area (Å²) in [4.78, 5) is 11.8. The predicted molar refractivity (Wildman–Crippen MR) is 108 cm³/mol. The summed E-state index contributed by atoms with van der Waals surface area (Å²) in [7, 11) is -3.95. The SMILES string of the molecule is Cc1ccc(F)c([C@@H](C)[C@@H](c2n[nH]c(=O)o2)N2Cc3cc(Cl)ccc3S2(=O)=O)c1C. The predicted octanol–water partition coefficient (Wildman–Crippen LogP) is 3.82. The fourth-order valence-electron chi connectivity index (χ4n) is 4.03. The molecule has 158 valence electrons. The summed E-state index contributed by atoms with van der Waals surface area (Å²) in [5.74, 6) is -2.11. The number of hydrogen-bond acceptors (Lipinski definition) is 5. The number of nitrogens with one attached hydrogen (secondary N) is 1. The molecule has 0 amide bonds. The summed E-state index contributed by atoms with van der Waals surface area (Å²) in [5.41, 5.74) is 2.41. The number of H-pyrrole nitrogens is 1. The van der Waals surface area contributed by atoms with Crippen LogP contribution in [-0.2, 0) is 16.6 Å². The van der Waals surface area contributed by atoms with E-state index >= 15 is 0 Å². The maximum absolute atomic E-state index is 14.9. The lowest BCUT2D eigenvalue weighted by atomic mass is 9.87. The number of benzene rings is 2. The van der Waals surface area contributed by atoms with E-state index in [2.05, 4.69) is 10.2 Å². The van der Waals surface area contributed by atoms with Crippen molar-refractivity contribution < 1.29 is 17.2 Å². The van der Waals surface area contributed by atoms with E-state index in [1.165, 1.54) is 22.5 Å². The molecule has 0 saturated carbocycles. The first-order valence-corrected chi connectivity index (χ1v) is 11.0. The van der Waals surface area contributed by atoms with Gasteiger partial charge in [-0.15, -0.1) is 5.10 Å². The molecule has 7 nitrogen and oxygen atoms in total. The number of rotatable bonds is 4. The highest BCUT2D eigenvalue weighted by molar-refractivity contribution is 7.89. The van der Waals surface area contributed by atoms with Crippen LogP contribution < -0.4 is 5.76 Å². The molecule has 4 rings (SSSR count). The third kappa shape index (κ3) is 3.27. The number of aryl methyl sites for hydroxylation is 1. The van der Waals surface area contributed by atoms with Crippen molar-refractivity contribution in [2.75, 3.05) is 0 Å². The number of halogens is 2. The Bertz CT molecular complexity index is 1300. The van der Waals surface area contributed by atoms with Crippen molar-refractivity contribution in [2.24, 2.45) is 0 Å². The summed E-state index contributed by atoms with van der Waals surface area (Å²) in [5, 5.41) is 6.45. The van der Waals surface area contributed by atoms with Crippen LogP contribution in [0.5, 0.6) is 0 Å². The second kappa shape index (κ2) is 7.33. The third-order valence-corrected chi connectivity index (χ3v) is 7.78. The second-order valence-electron chi connectivity index (χ2n) is 7.39. The van der Waals surface area contributed by atoms with Gasteiger partial charge in [-0.1, -0.05) is 24.6 Å². The Morgan fingerprint density at radius 2 is 2.00 bits per heavy atom. The Balaban J connectivity index is 1.90. The van der Waals surface area contributed by atoms with Gasteiger partial charge in [-0.05, 0) is 60.4 Å². The topological polar surface area (TPSA) is 96.3 Å². The number of aromatic nitrogens is 2. The van der Waals surface area contributed by atoms with Crippen molar-refractivity contribution in [3.63, 3.8) is 0 Å². The average molecular weight is 452 g/mol. The molecule has 0 saturated heterocycles. The van der Waals surface area contributed by atoms with Crippen LogP contribution in [0.3, 0.4) is 0 Å². The Morgan fingerprint density at radius 1 is 1.27 bits per heavy atom. The number of sulfonamides is 1. The molecule has 0 spiro atoms. The first kappa shape index (κ1) is 20.8. The van der Waals surface area contributed by atoms with Crippen LogP contribution in [0, 0.1) is 19.7 Å².